The second kappa shape index (κ2) is 5.85. The molecule has 6 heteroatoms. The first-order chi connectivity index (χ1) is 10.5. The first-order valence-electron chi connectivity index (χ1n) is 6.97. The Morgan fingerprint density at radius 1 is 1.32 bits per heavy atom. The van der Waals surface area contributed by atoms with Gasteiger partial charge in [-0.1, -0.05) is 6.07 Å². The summed E-state index contributed by atoms with van der Waals surface area (Å²) in [6.45, 7) is 1.63. The van der Waals surface area contributed by atoms with E-state index in [0.29, 0.717) is 15.9 Å². The van der Waals surface area contributed by atoms with E-state index >= 15 is 0 Å². The number of likely N-dealkylation sites (N-methyl/N-ethyl adjacent to an activating group) is 1. The predicted octanol–water partition coefficient (Wildman–Crippen LogP) is 2.74. The van der Waals surface area contributed by atoms with Crippen LogP contribution in [0, 0.1) is 5.82 Å². The molecule has 1 aromatic carbocycles. The molecule has 1 aromatic heterocycles. The van der Waals surface area contributed by atoms with Crippen LogP contribution in [0.25, 0.3) is 5.69 Å². The quantitative estimate of drug-likeness (QED) is 0.819. The number of fused-ring (bicyclic) bond motifs is 1. The van der Waals surface area contributed by atoms with Crippen molar-refractivity contribution in [3.63, 3.8) is 0 Å². The summed E-state index contributed by atoms with van der Waals surface area (Å²) in [5.74, 6) is 0.0379. The second-order valence-electron chi connectivity index (χ2n) is 5.40. The number of methoxy groups -OCH3 is 1. The number of hydrogen-bond acceptors (Lipinski definition) is 3. The van der Waals surface area contributed by atoms with Crippen molar-refractivity contribution >= 4 is 15.9 Å². The van der Waals surface area contributed by atoms with Gasteiger partial charge in [0.25, 0.3) is 5.56 Å². The van der Waals surface area contributed by atoms with Crippen LogP contribution < -0.4 is 10.3 Å². The molecule has 0 saturated carbocycles. The standard InChI is InChI=1S/C16H16BrFN2O2/c1-19-6-5-13-10(9-19)3-4-16(21)20(13)14-8-12(18)11(17)7-15(14)22-2/h3-4,7-8H,5-6,9H2,1-2H3. The number of pyridine rings is 1. The largest absolute Gasteiger partial charge is 0.495 e. The molecule has 0 unspecified atom stereocenters. The lowest BCUT2D eigenvalue weighted by Crippen LogP contribution is -2.33. The van der Waals surface area contributed by atoms with Crippen LogP contribution in [0.1, 0.15) is 11.3 Å². The Morgan fingerprint density at radius 3 is 2.82 bits per heavy atom. The van der Waals surface area contributed by atoms with E-state index in [0.717, 1.165) is 30.8 Å². The van der Waals surface area contributed by atoms with Gasteiger partial charge in [0.05, 0.1) is 17.3 Å². The van der Waals surface area contributed by atoms with Crippen molar-refractivity contribution in [2.45, 2.75) is 13.0 Å². The van der Waals surface area contributed by atoms with E-state index in [9.17, 15) is 9.18 Å². The summed E-state index contributed by atoms with van der Waals surface area (Å²) in [5.41, 5.74) is 2.27. The molecule has 1 aliphatic heterocycles. The van der Waals surface area contributed by atoms with Crippen molar-refractivity contribution in [3.05, 3.63) is 56.2 Å². The minimum Gasteiger partial charge on any atom is -0.495 e. The molecule has 0 amide bonds. The summed E-state index contributed by atoms with van der Waals surface area (Å²) >= 11 is 3.15. The summed E-state index contributed by atoms with van der Waals surface area (Å²) in [6, 6.07) is 6.26. The van der Waals surface area contributed by atoms with Crippen molar-refractivity contribution < 1.29 is 9.13 Å². The minimum absolute atomic E-state index is 0.177. The molecule has 0 saturated heterocycles. The first kappa shape index (κ1) is 15.2. The van der Waals surface area contributed by atoms with E-state index in [1.165, 1.54) is 19.2 Å². The van der Waals surface area contributed by atoms with Crippen molar-refractivity contribution in [2.75, 3.05) is 20.7 Å². The fourth-order valence-electron chi connectivity index (χ4n) is 2.82. The van der Waals surface area contributed by atoms with Gasteiger partial charge in [0.2, 0.25) is 0 Å². The number of halogens is 2. The molecular formula is C16H16BrFN2O2. The average Bonchev–Trinajstić information content (AvgIpc) is 2.50. The summed E-state index contributed by atoms with van der Waals surface area (Å²) in [7, 11) is 3.55. The Labute approximate surface area is 136 Å². The van der Waals surface area contributed by atoms with Gasteiger partial charge in [-0.2, -0.15) is 0 Å². The van der Waals surface area contributed by atoms with Crippen molar-refractivity contribution in [1.29, 1.82) is 0 Å². The number of rotatable bonds is 2. The van der Waals surface area contributed by atoms with Crippen LogP contribution in [0.3, 0.4) is 0 Å². The van der Waals surface area contributed by atoms with Gasteiger partial charge >= 0.3 is 0 Å². The zero-order valence-electron chi connectivity index (χ0n) is 12.4. The Bertz CT molecular complexity index is 788. The van der Waals surface area contributed by atoms with E-state index < -0.39 is 5.82 Å². The number of benzene rings is 1. The summed E-state index contributed by atoms with van der Waals surface area (Å²) < 4.78 is 21.2. The number of aromatic nitrogens is 1. The Morgan fingerprint density at radius 2 is 2.09 bits per heavy atom. The van der Waals surface area contributed by atoms with E-state index in [1.54, 1.807) is 10.6 Å². The zero-order valence-corrected chi connectivity index (χ0v) is 14.0. The molecule has 1 aliphatic rings. The maximum atomic E-state index is 14.0. The van der Waals surface area contributed by atoms with Gasteiger partial charge in [-0.25, -0.2) is 4.39 Å². The van der Waals surface area contributed by atoms with Crippen LogP contribution in [0.4, 0.5) is 4.39 Å². The third kappa shape index (κ3) is 2.57. The van der Waals surface area contributed by atoms with E-state index in [1.807, 2.05) is 13.1 Å². The van der Waals surface area contributed by atoms with Crippen LogP contribution in [-0.4, -0.2) is 30.2 Å². The lowest BCUT2D eigenvalue weighted by Gasteiger charge is -2.27. The van der Waals surface area contributed by atoms with Crippen LogP contribution in [0.5, 0.6) is 5.75 Å². The SMILES string of the molecule is COc1cc(Br)c(F)cc1-n1c2c(ccc1=O)CN(C)CC2. The second-order valence-corrected chi connectivity index (χ2v) is 6.26. The van der Waals surface area contributed by atoms with Gasteiger partial charge in [0.1, 0.15) is 11.6 Å². The highest BCUT2D eigenvalue weighted by atomic mass is 79.9. The van der Waals surface area contributed by atoms with Gasteiger partial charge in [-0.05, 0) is 34.6 Å². The van der Waals surface area contributed by atoms with E-state index in [4.69, 9.17) is 4.74 Å². The van der Waals surface area contributed by atoms with Crippen molar-refractivity contribution in [1.82, 2.24) is 9.47 Å². The molecule has 2 aromatic rings. The maximum absolute atomic E-state index is 14.0. The van der Waals surface area contributed by atoms with Gasteiger partial charge in [0.15, 0.2) is 0 Å². The van der Waals surface area contributed by atoms with Gasteiger partial charge < -0.3 is 9.64 Å². The Kier molecular flexibility index (Phi) is 4.06. The third-order valence-corrected chi connectivity index (χ3v) is 4.53. The molecule has 22 heavy (non-hydrogen) atoms. The van der Waals surface area contributed by atoms with Gasteiger partial charge in [-0.15, -0.1) is 0 Å². The fraction of sp³-hybridized carbons (Fsp3) is 0.312. The molecular weight excluding hydrogens is 351 g/mol. The topological polar surface area (TPSA) is 34.5 Å². The summed E-state index contributed by atoms with van der Waals surface area (Å²) in [5, 5.41) is 0. The molecule has 0 spiro atoms. The Hall–Kier alpha value is -1.66. The molecule has 116 valence electrons. The minimum atomic E-state index is -0.423. The zero-order chi connectivity index (χ0) is 15.9. The molecule has 0 bridgehead atoms. The molecule has 4 nitrogen and oxygen atoms in total. The molecule has 0 aliphatic carbocycles. The molecule has 0 N–H and O–H groups in total. The van der Waals surface area contributed by atoms with Crippen LogP contribution in [0.15, 0.2) is 33.5 Å². The number of hydrogen-bond donors (Lipinski definition) is 0. The third-order valence-electron chi connectivity index (χ3n) is 3.92. The highest BCUT2D eigenvalue weighted by molar-refractivity contribution is 9.10. The predicted molar refractivity (Wildman–Crippen MR) is 86.3 cm³/mol. The smallest absolute Gasteiger partial charge is 0.255 e. The fourth-order valence-corrected chi connectivity index (χ4v) is 3.14. The lowest BCUT2D eigenvalue weighted by atomic mass is 10.0. The highest BCUT2D eigenvalue weighted by Crippen LogP contribution is 2.30. The van der Waals surface area contributed by atoms with Crippen molar-refractivity contribution in [3.8, 4) is 11.4 Å². The molecule has 3 rings (SSSR count). The average molecular weight is 367 g/mol. The summed E-state index contributed by atoms with van der Waals surface area (Å²) in [6.07, 6.45) is 0.739. The maximum Gasteiger partial charge on any atom is 0.255 e. The summed E-state index contributed by atoms with van der Waals surface area (Å²) in [4.78, 5) is 14.6. The molecule has 0 fully saturated rings. The number of nitrogens with zero attached hydrogens (tertiary/aromatic N) is 2. The molecule has 0 radical (unpaired) electrons. The van der Waals surface area contributed by atoms with Crippen molar-refractivity contribution in [2.24, 2.45) is 0 Å². The van der Waals surface area contributed by atoms with Crippen LogP contribution >= 0.6 is 15.9 Å². The Balaban J connectivity index is 2.27. The van der Waals surface area contributed by atoms with Crippen LogP contribution in [-0.2, 0) is 13.0 Å². The molecule has 2 heterocycles. The molecule has 0 atom stereocenters. The van der Waals surface area contributed by atoms with Gasteiger partial charge in [0, 0.05) is 37.3 Å². The van der Waals surface area contributed by atoms with Gasteiger partial charge in [-0.3, -0.25) is 9.36 Å². The highest BCUT2D eigenvalue weighted by Gasteiger charge is 2.21. The first-order valence-corrected chi connectivity index (χ1v) is 7.76. The van der Waals surface area contributed by atoms with Crippen LogP contribution in [0.2, 0.25) is 0 Å². The lowest BCUT2D eigenvalue weighted by molar-refractivity contribution is 0.307. The normalized spacial score (nSPS) is 14.7. The number of ether oxygens (including phenoxy) is 1. The van der Waals surface area contributed by atoms with E-state index in [2.05, 4.69) is 20.8 Å². The monoisotopic (exact) mass is 366 g/mol. The van der Waals surface area contributed by atoms with E-state index in [-0.39, 0.29) is 5.56 Å².